The number of hydrogen-bond acceptors (Lipinski definition) is 10. The first-order valence-corrected chi connectivity index (χ1v) is 8.76. The summed E-state index contributed by atoms with van der Waals surface area (Å²) in [6.07, 6.45) is 1.73. The van der Waals surface area contributed by atoms with Crippen LogP contribution in [0.5, 0.6) is 0 Å². The maximum Gasteiger partial charge on any atom is 0.334 e. The minimum atomic E-state index is -1.09. The van der Waals surface area contributed by atoms with Crippen LogP contribution in [0.4, 0.5) is 0 Å². The molecule has 11 heteroatoms. The molecule has 0 spiro atoms. The number of epoxide rings is 3. The Balaban J connectivity index is 0.000000212. The standard InChI is InChI=1S/C10H12O6.C8H10O5/c11-9(15-5-7-3-13-7)1-2-10(12)16-6-8-4-14-8;1-5(2-7(9)10)8(11)13-4-6-3-12-6/h1-2,7-8H,3-6H2;6H,1-4H2,(H,9,10)/b2-1-;. The van der Waals surface area contributed by atoms with Crippen LogP contribution in [-0.2, 0) is 47.6 Å². The van der Waals surface area contributed by atoms with E-state index in [2.05, 4.69) is 6.58 Å². The lowest BCUT2D eigenvalue weighted by atomic mass is 10.2. The van der Waals surface area contributed by atoms with Gasteiger partial charge in [-0.2, -0.15) is 0 Å². The number of carboxylic acids is 1. The Hall–Kier alpha value is -2.76. The number of carboxylic acid groups (broad SMARTS) is 1. The number of carbonyl (C=O) groups excluding carboxylic acids is 3. The second kappa shape index (κ2) is 11.3. The number of aliphatic carboxylic acids is 1. The van der Waals surface area contributed by atoms with Gasteiger partial charge in [-0.15, -0.1) is 0 Å². The number of rotatable bonds is 11. The Morgan fingerprint density at radius 2 is 1.21 bits per heavy atom. The molecule has 0 aromatic carbocycles. The molecule has 0 aromatic rings. The Kier molecular flexibility index (Phi) is 8.77. The van der Waals surface area contributed by atoms with E-state index in [1.54, 1.807) is 0 Å². The molecule has 0 amide bonds. The summed E-state index contributed by atoms with van der Waals surface area (Å²) in [6, 6.07) is 0. The third-order valence-corrected chi connectivity index (χ3v) is 3.44. The maximum atomic E-state index is 11.0. The molecule has 11 nitrogen and oxygen atoms in total. The van der Waals surface area contributed by atoms with Gasteiger partial charge in [-0.1, -0.05) is 6.58 Å². The van der Waals surface area contributed by atoms with E-state index in [0.29, 0.717) is 19.8 Å². The van der Waals surface area contributed by atoms with Gasteiger partial charge in [-0.3, -0.25) is 4.79 Å². The summed E-state index contributed by atoms with van der Waals surface area (Å²) in [5.41, 5.74) is -0.0480. The molecule has 0 aliphatic carbocycles. The van der Waals surface area contributed by atoms with Gasteiger partial charge in [0, 0.05) is 17.7 Å². The molecule has 160 valence electrons. The highest BCUT2D eigenvalue weighted by atomic mass is 16.6. The van der Waals surface area contributed by atoms with Crippen LogP contribution in [0.15, 0.2) is 24.3 Å². The zero-order chi connectivity index (χ0) is 21.2. The van der Waals surface area contributed by atoms with E-state index >= 15 is 0 Å². The van der Waals surface area contributed by atoms with E-state index < -0.39 is 23.9 Å². The molecule has 3 aliphatic rings. The zero-order valence-electron chi connectivity index (χ0n) is 15.6. The smallest absolute Gasteiger partial charge is 0.334 e. The number of hydrogen-bond donors (Lipinski definition) is 1. The Morgan fingerprint density at radius 3 is 1.55 bits per heavy atom. The maximum absolute atomic E-state index is 11.0. The first kappa shape index (κ1) is 22.5. The molecule has 3 saturated heterocycles. The van der Waals surface area contributed by atoms with Crippen molar-refractivity contribution in [2.24, 2.45) is 0 Å². The van der Waals surface area contributed by atoms with Crippen LogP contribution in [0.3, 0.4) is 0 Å². The largest absolute Gasteiger partial charge is 0.481 e. The molecule has 1 N–H and O–H groups in total. The minimum Gasteiger partial charge on any atom is -0.481 e. The second-order valence-corrected chi connectivity index (χ2v) is 6.23. The van der Waals surface area contributed by atoms with Gasteiger partial charge in [0.25, 0.3) is 0 Å². The molecule has 3 fully saturated rings. The van der Waals surface area contributed by atoms with Crippen molar-refractivity contribution in [3.05, 3.63) is 24.3 Å². The van der Waals surface area contributed by atoms with Crippen molar-refractivity contribution in [3.63, 3.8) is 0 Å². The van der Waals surface area contributed by atoms with E-state index in [1.165, 1.54) is 0 Å². The van der Waals surface area contributed by atoms with Gasteiger partial charge >= 0.3 is 23.9 Å². The fraction of sp³-hybridized carbons (Fsp3) is 0.556. The quantitative estimate of drug-likeness (QED) is 0.199. The van der Waals surface area contributed by atoms with Crippen molar-refractivity contribution in [1.82, 2.24) is 0 Å². The highest BCUT2D eigenvalue weighted by Gasteiger charge is 2.25. The summed E-state index contributed by atoms with van der Waals surface area (Å²) in [7, 11) is 0. The summed E-state index contributed by atoms with van der Waals surface area (Å²) in [4.78, 5) is 43.2. The minimum absolute atomic E-state index is 0.0124. The number of carbonyl (C=O) groups is 4. The summed E-state index contributed by atoms with van der Waals surface area (Å²) >= 11 is 0. The van der Waals surface area contributed by atoms with Crippen LogP contribution >= 0.6 is 0 Å². The van der Waals surface area contributed by atoms with E-state index in [1.807, 2.05) is 0 Å². The molecule has 0 aromatic heterocycles. The Morgan fingerprint density at radius 1 is 0.828 bits per heavy atom. The predicted octanol–water partition coefficient (Wildman–Crippen LogP) is -0.614. The lowest BCUT2D eigenvalue weighted by Gasteiger charge is -2.02. The summed E-state index contributed by atoms with van der Waals surface area (Å²) in [5, 5.41) is 8.33. The Bertz CT molecular complexity index is 627. The van der Waals surface area contributed by atoms with Crippen molar-refractivity contribution < 1.29 is 52.7 Å². The predicted molar refractivity (Wildman–Crippen MR) is 92.6 cm³/mol. The number of ether oxygens (including phenoxy) is 6. The zero-order valence-corrected chi connectivity index (χ0v) is 15.6. The first-order chi connectivity index (χ1) is 13.8. The normalized spacial score (nSPS) is 23.2. The average Bonchev–Trinajstić information content (AvgIpc) is 3.54. The van der Waals surface area contributed by atoms with Crippen molar-refractivity contribution in [3.8, 4) is 0 Å². The molecule has 29 heavy (non-hydrogen) atoms. The molecule has 3 aliphatic heterocycles. The fourth-order valence-electron chi connectivity index (χ4n) is 1.60. The van der Waals surface area contributed by atoms with Crippen LogP contribution in [0, 0.1) is 0 Å². The molecular weight excluding hydrogens is 392 g/mol. The van der Waals surface area contributed by atoms with Crippen LogP contribution in [0.25, 0.3) is 0 Å². The van der Waals surface area contributed by atoms with Gasteiger partial charge in [-0.25, -0.2) is 14.4 Å². The van der Waals surface area contributed by atoms with Crippen molar-refractivity contribution in [2.75, 3.05) is 39.6 Å². The van der Waals surface area contributed by atoms with E-state index in [4.69, 9.17) is 33.5 Å². The molecule has 3 atom stereocenters. The van der Waals surface area contributed by atoms with Crippen LogP contribution in [-0.4, -0.2) is 86.9 Å². The monoisotopic (exact) mass is 414 g/mol. The second-order valence-electron chi connectivity index (χ2n) is 6.23. The molecule has 0 radical (unpaired) electrons. The van der Waals surface area contributed by atoms with Crippen molar-refractivity contribution >= 4 is 23.9 Å². The lowest BCUT2D eigenvalue weighted by Crippen LogP contribution is -2.13. The SMILES string of the molecule is C=C(CC(=O)O)C(=O)OCC1CO1.O=C(/C=C\C(=O)OCC1CO1)OCC1CO1. The fourth-order valence-corrected chi connectivity index (χ4v) is 1.60. The lowest BCUT2D eigenvalue weighted by molar-refractivity contribution is -0.143. The summed E-state index contributed by atoms with van der Waals surface area (Å²) < 4.78 is 28.7. The average molecular weight is 414 g/mol. The van der Waals surface area contributed by atoms with Gasteiger partial charge in [0.15, 0.2) is 0 Å². The third kappa shape index (κ3) is 11.6. The van der Waals surface area contributed by atoms with Crippen LogP contribution in [0.2, 0.25) is 0 Å². The Labute approximate surface area is 166 Å². The molecule has 3 unspecified atom stereocenters. The molecule has 0 bridgehead atoms. The number of esters is 3. The molecule has 3 rings (SSSR count). The van der Waals surface area contributed by atoms with E-state index in [-0.39, 0.29) is 50.1 Å². The van der Waals surface area contributed by atoms with E-state index in [9.17, 15) is 19.2 Å². The van der Waals surface area contributed by atoms with E-state index in [0.717, 1.165) is 12.2 Å². The van der Waals surface area contributed by atoms with Gasteiger partial charge in [0.05, 0.1) is 26.2 Å². The summed E-state index contributed by atoms with van der Waals surface area (Å²) in [5.74, 6) is -2.91. The van der Waals surface area contributed by atoms with Gasteiger partial charge in [-0.05, 0) is 0 Å². The van der Waals surface area contributed by atoms with Crippen LogP contribution in [0.1, 0.15) is 6.42 Å². The third-order valence-electron chi connectivity index (χ3n) is 3.44. The highest BCUT2D eigenvalue weighted by Crippen LogP contribution is 2.11. The van der Waals surface area contributed by atoms with Gasteiger partial charge in [0.1, 0.15) is 38.1 Å². The molecular formula is C18H22O11. The molecule has 0 saturated carbocycles. The van der Waals surface area contributed by atoms with Crippen LogP contribution < -0.4 is 0 Å². The van der Waals surface area contributed by atoms with Gasteiger partial charge < -0.3 is 33.5 Å². The highest BCUT2D eigenvalue weighted by molar-refractivity contribution is 5.93. The van der Waals surface area contributed by atoms with Crippen molar-refractivity contribution in [2.45, 2.75) is 24.7 Å². The summed E-state index contributed by atoms with van der Waals surface area (Å²) in [6.45, 7) is 5.78. The topological polar surface area (TPSA) is 154 Å². The van der Waals surface area contributed by atoms with Gasteiger partial charge in [0.2, 0.25) is 0 Å². The molecule has 3 heterocycles. The van der Waals surface area contributed by atoms with Crippen molar-refractivity contribution in [1.29, 1.82) is 0 Å². The first-order valence-electron chi connectivity index (χ1n) is 8.76.